The van der Waals surface area contributed by atoms with Crippen molar-refractivity contribution in [2.45, 2.75) is 0 Å². The fourth-order valence-electron chi connectivity index (χ4n) is 0.489. The maximum atomic E-state index is 4.03. The Kier molecular flexibility index (Phi) is 1.80. The average Bonchev–Trinajstić information content (AvgIpc) is 2.34. The number of hydrogen-bond acceptors (Lipinski definition) is 2. The van der Waals surface area contributed by atoms with Crippen molar-refractivity contribution in [3.8, 4) is 0 Å². The predicted octanol–water partition coefficient (Wildman–Crippen LogP) is 2.43. The van der Waals surface area contributed by atoms with Gasteiger partial charge in [0, 0.05) is 11.1 Å². The van der Waals surface area contributed by atoms with Gasteiger partial charge in [0.1, 0.15) is 5.01 Å². The molecule has 9 heavy (non-hydrogen) atoms. The SMILES string of the molecule is C=Cc1cnc(C=C)s1. The summed E-state index contributed by atoms with van der Waals surface area (Å²) in [5, 5.41) is 0.949. The number of aromatic nitrogens is 1. The molecule has 0 atom stereocenters. The van der Waals surface area contributed by atoms with E-state index in [9.17, 15) is 0 Å². The van der Waals surface area contributed by atoms with Crippen LogP contribution < -0.4 is 0 Å². The van der Waals surface area contributed by atoms with E-state index >= 15 is 0 Å². The lowest BCUT2D eigenvalue weighted by atomic mass is 10.5. The third-order valence-corrected chi connectivity index (χ3v) is 1.91. The van der Waals surface area contributed by atoms with Gasteiger partial charge in [-0.2, -0.15) is 0 Å². The molecule has 1 heterocycles. The van der Waals surface area contributed by atoms with Crippen molar-refractivity contribution in [3.63, 3.8) is 0 Å². The summed E-state index contributed by atoms with van der Waals surface area (Å²) in [6.07, 6.45) is 5.30. The molecular weight excluding hydrogens is 130 g/mol. The minimum Gasteiger partial charge on any atom is -0.245 e. The molecule has 0 bridgehead atoms. The molecule has 2 heteroatoms. The van der Waals surface area contributed by atoms with E-state index in [1.165, 1.54) is 0 Å². The first-order chi connectivity index (χ1) is 4.36. The van der Waals surface area contributed by atoms with Gasteiger partial charge in [-0.1, -0.05) is 19.2 Å². The van der Waals surface area contributed by atoms with Crippen LogP contribution in [0.1, 0.15) is 9.88 Å². The largest absolute Gasteiger partial charge is 0.245 e. The highest BCUT2D eigenvalue weighted by Gasteiger charge is 1.90. The lowest BCUT2D eigenvalue weighted by Gasteiger charge is -1.74. The van der Waals surface area contributed by atoms with Crippen molar-refractivity contribution < 1.29 is 0 Å². The molecule has 1 rings (SSSR count). The second-order valence-electron chi connectivity index (χ2n) is 1.51. The molecule has 0 saturated carbocycles. The van der Waals surface area contributed by atoms with E-state index in [4.69, 9.17) is 0 Å². The van der Waals surface area contributed by atoms with Crippen LogP contribution in [-0.2, 0) is 0 Å². The summed E-state index contributed by atoms with van der Waals surface area (Å²) in [5.74, 6) is 0. The first kappa shape index (κ1) is 6.23. The monoisotopic (exact) mass is 137 g/mol. The lowest BCUT2D eigenvalue weighted by Crippen LogP contribution is -1.58. The Balaban J connectivity index is 2.98. The molecular formula is C7H7NS. The zero-order chi connectivity index (χ0) is 6.69. The van der Waals surface area contributed by atoms with Crippen molar-refractivity contribution in [1.82, 2.24) is 4.98 Å². The molecule has 0 fully saturated rings. The van der Waals surface area contributed by atoms with Gasteiger partial charge in [-0.15, -0.1) is 11.3 Å². The summed E-state index contributed by atoms with van der Waals surface area (Å²) < 4.78 is 0. The number of hydrogen-bond donors (Lipinski definition) is 0. The number of thiazole rings is 1. The zero-order valence-electron chi connectivity index (χ0n) is 5.00. The molecule has 1 aromatic heterocycles. The maximum Gasteiger partial charge on any atom is 0.115 e. The molecule has 1 nitrogen and oxygen atoms in total. The van der Waals surface area contributed by atoms with Crippen LogP contribution in [0, 0.1) is 0 Å². The summed E-state index contributed by atoms with van der Waals surface area (Å²) in [4.78, 5) is 5.12. The Bertz CT molecular complexity index is 202. The Labute approximate surface area is 58.4 Å². The second kappa shape index (κ2) is 2.60. The molecule has 0 aliphatic carbocycles. The van der Waals surface area contributed by atoms with Crippen LogP contribution in [0.25, 0.3) is 12.2 Å². The van der Waals surface area contributed by atoms with Crippen LogP contribution in [0.15, 0.2) is 19.4 Å². The number of rotatable bonds is 2. The van der Waals surface area contributed by atoms with Gasteiger partial charge in [-0.25, -0.2) is 4.98 Å². The fourth-order valence-corrected chi connectivity index (χ4v) is 1.11. The summed E-state index contributed by atoms with van der Waals surface area (Å²) in [6, 6.07) is 0. The first-order valence-electron chi connectivity index (χ1n) is 2.57. The molecule has 0 unspecified atom stereocenters. The highest BCUT2D eigenvalue weighted by molar-refractivity contribution is 7.13. The highest BCUT2D eigenvalue weighted by Crippen LogP contribution is 2.13. The topological polar surface area (TPSA) is 12.9 Å². The second-order valence-corrected chi connectivity index (χ2v) is 2.60. The molecule has 1 aromatic rings. The van der Waals surface area contributed by atoms with E-state index < -0.39 is 0 Å². The van der Waals surface area contributed by atoms with Crippen molar-refractivity contribution in [2.24, 2.45) is 0 Å². The average molecular weight is 137 g/mol. The third-order valence-electron chi connectivity index (χ3n) is 0.917. The zero-order valence-corrected chi connectivity index (χ0v) is 5.82. The van der Waals surface area contributed by atoms with Crippen LogP contribution in [0.5, 0.6) is 0 Å². The van der Waals surface area contributed by atoms with Crippen molar-refractivity contribution in [2.75, 3.05) is 0 Å². The van der Waals surface area contributed by atoms with E-state index in [0.29, 0.717) is 0 Å². The molecule has 0 aromatic carbocycles. The molecule has 0 spiro atoms. The molecule has 0 amide bonds. The molecule has 0 saturated heterocycles. The van der Waals surface area contributed by atoms with E-state index in [1.807, 2.05) is 0 Å². The predicted molar refractivity (Wildman–Crippen MR) is 42.3 cm³/mol. The van der Waals surface area contributed by atoms with Crippen molar-refractivity contribution in [3.05, 3.63) is 29.2 Å². The van der Waals surface area contributed by atoms with Crippen LogP contribution in [-0.4, -0.2) is 4.98 Å². The Morgan fingerprint density at radius 2 is 2.22 bits per heavy atom. The summed E-state index contributed by atoms with van der Waals surface area (Å²) >= 11 is 1.59. The van der Waals surface area contributed by atoms with Crippen LogP contribution in [0.4, 0.5) is 0 Å². The van der Waals surface area contributed by atoms with Gasteiger partial charge in [-0.05, 0) is 6.08 Å². The number of nitrogens with zero attached hydrogens (tertiary/aromatic N) is 1. The van der Waals surface area contributed by atoms with E-state index in [1.54, 1.807) is 29.7 Å². The van der Waals surface area contributed by atoms with E-state index in [-0.39, 0.29) is 0 Å². The lowest BCUT2D eigenvalue weighted by molar-refractivity contribution is 1.39. The van der Waals surface area contributed by atoms with Gasteiger partial charge in [0.2, 0.25) is 0 Å². The summed E-state index contributed by atoms with van der Waals surface area (Å²) in [7, 11) is 0. The van der Waals surface area contributed by atoms with Gasteiger partial charge < -0.3 is 0 Å². The van der Waals surface area contributed by atoms with Gasteiger partial charge in [0.15, 0.2) is 0 Å². The first-order valence-corrected chi connectivity index (χ1v) is 3.39. The molecule has 0 radical (unpaired) electrons. The Morgan fingerprint density at radius 1 is 1.44 bits per heavy atom. The summed E-state index contributed by atoms with van der Waals surface area (Å²) in [5.41, 5.74) is 0. The Hall–Kier alpha value is -0.890. The molecule has 0 aliphatic rings. The van der Waals surface area contributed by atoms with Gasteiger partial charge in [0.05, 0.1) is 0 Å². The normalized spacial score (nSPS) is 8.89. The third kappa shape index (κ3) is 1.27. The van der Waals surface area contributed by atoms with Crippen molar-refractivity contribution >= 4 is 23.5 Å². The van der Waals surface area contributed by atoms with Gasteiger partial charge in [0.25, 0.3) is 0 Å². The maximum absolute atomic E-state index is 4.03. The Morgan fingerprint density at radius 3 is 2.56 bits per heavy atom. The van der Waals surface area contributed by atoms with Gasteiger partial charge in [-0.3, -0.25) is 0 Å². The van der Waals surface area contributed by atoms with E-state index in [2.05, 4.69) is 18.1 Å². The van der Waals surface area contributed by atoms with Crippen LogP contribution >= 0.6 is 11.3 Å². The summed E-state index contributed by atoms with van der Waals surface area (Å²) in [6.45, 7) is 7.21. The fraction of sp³-hybridized carbons (Fsp3) is 0. The smallest absolute Gasteiger partial charge is 0.115 e. The van der Waals surface area contributed by atoms with Crippen molar-refractivity contribution in [1.29, 1.82) is 0 Å². The van der Waals surface area contributed by atoms with Crippen LogP contribution in [0.2, 0.25) is 0 Å². The molecule has 46 valence electrons. The van der Waals surface area contributed by atoms with Gasteiger partial charge >= 0.3 is 0 Å². The molecule has 0 aliphatic heterocycles. The minimum absolute atomic E-state index is 0.949. The minimum atomic E-state index is 0.949. The molecule has 0 N–H and O–H groups in total. The highest BCUT2D eigenvalue weighted by atomic mass is 32.1. The standard InChI is InChI=1S/C7H7NS/c1-3-6-5-8-7(4-2)9-6/h3-5H,1-2H2. The van der Waals surface area contributed by atoms with Crippen LogP contribution in [0.3, 0.4) is 0 Å². The quantitative estimate of drug-likeness (QED) is 0.610. The van der Waals surface area contributed by atoms with E-state index in [0.717, 1.165) is 9.88 Å².